The first-order valence-electron chi connectivity index (χ1n) is 7.18. The number of halogens is 1. The van der Waals surface area contributed by atoms with Crippen LogP contribution in [0.4, 0.5) is 0 Å². The Morgan fingerprint density at radius 3 is 2.67 bits per heavy atom. The number of rotatable bonds is 3. The lowest BCUT2D eigenvalue weighted by Crippen LogP contribution is -2.41. The Balaban J connectivity index is 1.43. The first-order chi connectivity index (χ1) is 8.81. The molecule has 4 heteroatoms. The molecule has 0 aromatic carbocycles. The molecule has 0 radical (unpaired) electrons. The van der Waals surface area contributed by atoms with Gasteiger partial charge in [-0.25, -0.2) is 0 Å². The summed E-state index contributed by atoms with van der Waals surface area (Å²) in [5.41, 5.74) is 0. The highest BCUT2D eigenvalue weighted by molar-refractivity contribution is 6.29. The van der Waals surface area contributed by atoms with Crippen LogP contribution in [0.2, 0.25) is 0 Å². The summed E-state index contributed by atoms with van der Waals surface area (Å²) in [6.07, 6.45) is 4.53. The van der Waals surface area contributed by atoms with Crippen LogP contribution in [0, 0.1) is 11.8 Å². The summed E-state index contributed by atoms with van der Waals surface area (Å²) in [7, 11) is 0. The van der Waals surface area contributed by atoms with Gasteiger partial charge in [0.1, 0.15) is 0 Å². The molecule has 3 rings (SSSR count). The van der Waals surface area contributed by atoms with Crippen molar-refractivity contribution < 1.29 is 4.74 Å². The highest BCUT2D eigenvalue weighted by Gasteiger charge is 2.34. The molecule has 3 aliphatic rings. The van der Waals surface area contributed by atoms with E-state index in [4.69, 9.17) is 16.3 Å². The second kappa shape index (κ2) is 5.91. The van der Waals surface area contributed by atoms with Gasteiger partial charge >= 0.3 is 0 Å². The molecule has 0 aromatic rings. The fourth-order valence-corrected chi connectivity index (χ4v) is 3.72. The van der Waals surface area contributed by atoms with Crippen LogP contribution in [-0.4, -0.2) is 62.3 Å². The van der Waals surface area contributed by atoms with E-state index in [0.717, 1.165) is 49.6 Å². The highest BCUT2D eigenvalue weighted by Crippen LogP contribution is 2.36. The first kappa shape index (κ1) is 12.9. The minimum atomic E-state index is 0.812. The maximum absolute atomic E-state index is 6.15. The molecule has 2 heterocycles. The fraction of sp³-hybridized carbons (Fsp3) is 0.857. The molecule has 0 aromatic heterocycles. The van der Waals surface area contributed by atoms with Gasteiger partial charge in [0, 0.05) is 44.3 Å². The predicted octanol–water partition coefficient (Wildman–Crippen LogP) is 1.78. The SMILES string of the molecule is ClC1=CC[C@H]2CN(CCN3CCOCC3)C[C@@H]2C1. The van der Waals surface area contributed by atoms with Crippen molar-refractivity contribution in [2.24, 2.45) is 11.8 Å². The Kier molecular flexibility index (Phi) is 4.24. The number of allylic oxidation sites excluding steroid dienone is 2. The van der Waals surface area contributed by atoms with Gasteiger partial charge in [-0.1, -0.05) is 17.7 Å². The van der Waals surface area contributed by atoms with E-state index in [1.54, 1.807) is 0 Å². The number of morpholine rings is 1. The molecule has 2 aliphatic heterocycles. The predicted molar refractivity (Wildman–Crippen MR) is 73.8 cm³/mol. The van der Waals surface area contributed by atoms with Crippen molar-refractivity contribution in [3.8, 4) is 0 Å². The molecule has 18 heavy (non-hydrogen) atoms. The monoisotopic (exact) mass is 270 g/mol. The van der Waals surface area contributed by atoms with E-state index in [2.05, 4.69) is 15.9 Å². The maximum atomic E-state index is 6.15. The first-order valence-corrected chi connectivity index (χ1v) is 7.56. The van der Waals surface area contributed by atoms with Gasteiger partial charge in [-0.2, -0.15) is 0 Å². The van der Waals surface area contributed by atoms with E-state index in [0.29, 0.717) is 0 Å². The van der Waals surface area contributed by atoms with Gasteiger partial charge < -0.3 is 9.64 Å². The summed E-state index contributed by atoms with van der Waals surface area (Å²) < 4.78 is 5.38. The standard InChI is InChI=1S/C14H23ClN2O/c15-14-2-1-12-10-17(11-13(12)9-14)4-3-16-5-7-18-8-6-16/h2,12-13H,1,3-11H2/t12-,13-/m0/s1. The molecule has 2 fully saturated rings. The van der Waals surface area contributed by atoms with Crippen molar-refractivity contribution in [2.45, 2.75) is 12.8 Å². The second-order valence-electron chi connectivity index (χ2n) is 5.82. The van der Waals surface area contributed by atoms with Crippen LogP contribution in [0.25, 0.3) is 0 Å². The summed E-state index contributed by atoms with van der Waals surface area (Å²) in [5.74, 6) is 1.67. The Labute approximate surface area is 115 Å². The maximum Gasteiger partial charge on any atom is 0.0594 e. The number of likely N-dealkylation sites (tertiary alicyclic amines) is 1. The molecule has 0 unspecified atom stereocenters. The van der Waals surface area contributed by atoms with Crippen LogP contribution in [-0.2, 0) is 4.74 Å². The molecule has 2 saturated heterocycles. The van der Waals surface area contributed by atoms with Crippen LogP contribution in [0.15, 0.2) is 11.1 Å². The number of ether oxygens (including phenoxy) is 1. The molecule has 3 nitrogen and oxygen atoms in total. The van der Waals surface area contributed by atoms with Gasteiger partial charge in [0.2, 0.25) is 0 Å². The molecule has 1 aliphatic carbocycles. The molecular formula is C14H23ClN2O. The summed E-state index contributed by atoms with van der Waals surface area (Å²) in [6, 6.07) is 0. The van der Waals surface area contributed by atoms with Gasteiger partial charge in [0.15, 0.2) is 0 Å². The van der Waals surface area contributed by atoms with Crippen molar-refractivity contribution >= 4 is 11.6 Å². The minimum Gasteiger partial charge on any atom is -0.379 e. The van der Waals surface area contributed by atoms with Crippen molar-refractivity contribution in [2.75, 3.05) is 52.5 Å². The lowest BCUT2D eigenvalue weighted by atomic mass is 9.86. The van der Waals surface area contributed by atoms with Crippen molar-refractivity contribution in [3.63, 3.8) is 0 Å². The smallest absolute Gasteiger partial charge is 0.0594 e. The average Bonchev–Trinajstić information content (AvgIpc) is 2.79. The number of hydrogen-bond donors (Lipinski definition) is 0. The zero-order chi connectivity index (χ0) is 12.4. The van der Waals surface area contributed by atoms with Crippen LogP contribution < -0.4 is 0 Å². The molecule has 0 bridgehead atoms. The molecular weight excluding hydrogens is 248 g/mol. The van der Waals surface area contributed by atoms with E-state index < -0.39 is 0 Å². The third-order valence-corrected chi connectivity index (χ3v) is 4.90. The Bertz CT molecular complexity index is 315. The molecule has 2 atom stereocenters. The topological polar surface area (TPSA) is 15.7 Å². The van der Waals surface area contributed by atoms with Gasteiger partial charge in [0.25, 0.3) is 0 Å². The van der Waals surface area contributed by atoms with Gasteiger partial charge in [-0.15, -0.1) is 0 Å². The van der Waals surface area contributed by atoms with Crippen LogP contribution >= 0.6 is 11.6 Å². The summed E-state index contributed by atoms with van der Waals surface area (Å²) in [4.78, 5) is 5.16. The minimum absolute atomic E-state index is 0.812. The number of fused-ring (bicyclic) bond motifs is 1. The Hall–Kier alpha value is -0.0900. The molecule has 0 spiro atoms. The largest absolute Gasteiger partial charge is 0.379 e. The third kappa shape index (κ3) is 3.08. The van der Waals surface area contributed by atoms with Gasteiger partial charge in [0.05, 0.1) is 13.2 Å². The Morgan fingerprint density at radius 1 is 1.11 bits per heavy atom. The van der Waals surface area contributed by atoms with Crippen LogP contribution in [0.5, 0.6) is 0 Å². The average molecular weight is 271 g/mol. The van der Waals surface area contributed by atoms with E-state index >= 15 is 0 Å². The molecule has 102 valence electrons. The second-order valence-corrected chi connectivity index (χ2v) is 6.31. The Morgan fingerprint density at radius 2 is 1.83 bits per heavy atom. The highest BCUT2D eigenvalue weighted by atomic mass is 35.5. The van der Waals surface area contributed by atoms with E-state index in [9.17, 15) is 0 Å². The normalized spacial score (nSPS) is 34.4. The zero-order valence-electron chi connectivity index (χ0n) is 11.0. The van der Waals surface area contributed by atoms with Crippen LogP contribution in [0.3, 0.4) is 0 Å². The van der Waals surface area contributed by atoms with Gasteiger partial charge in [-0.05, 0) is 24.7 Å². The number of hydrogen-bond acceptors (Lipinski definition) is 3. The zero-order valence-corrected chi connectivity index (χ0v) is 11.7. The lowest BCUT2D eigenvalue weighted by Gasteiger charge is -2.28. The van der Waals surface area contributed by atoms with Crippen LogP contribution in [0.1, 0.15) is 12.8 Å². The van der Waals surface area contributed by atoms with E-state index in [-0.39, 0.29) is 0 Å². The van der Waals surface area contributed by atoms with Crippen molar-refractivity contribution in [3.05, 3.63) is 11.1 Å². The quantitative estimate of drug-likeness (QED) is 0.778. The molecule has 0 saturated carbocycles. The van der Waals surface area contributed by atoms with E-state index in [1.165, 1.54) is 32.6 Å². The summed E-state index contributed by atoms with van der Waals surface area (Å²) in [5, 5.41) is 1.09. The van der Waals surface area contributed by atoms with E-state index in [1.807, 2.05) is 0 Å². The summed E-state index contributed by atoms with van der Waals surface area (Å²) in [6.45, 7) is 8.96. The van der Waals surface area contributed by atoms with Gasteiger partial charge in [-0.3, -0.25) is 4.90 Å². The third-order valence-electron chi connectivity index (χ3n) is 4.59. The van der Waals surface area contributed by atoms with Crippen molar-refractivity contribution in [1.82, 2.24) is 9.80 Å². The number of nitrogens with zero attached hydrogens (tertiary/aromatic N) is 2. The summed E-state index contributed by atoms with van der Waals surface area (Å²) >= 11 is 6.15. The molecule has 0 N–H and O–H groups in total. The van der Waals surface area contributed by atoms with Crippen molar-refractivity contribution in [1.29, 1.82) is 0 Å². The fourth-order valence-electron chi connectivity index (χ4n) is 3.44. The molecule has 0 amide bonds. The lowest BCUT2D eigenvalue weighted by molar-refractivity contribution is 0.0342.